The standard InChI is InChI=1S/C21H19N3O4S/c1-27-15-5-12(6-16(8-15)28-2)3-4-14-10-22-20-18(23-14)9-17(24-20)13-7-19(21(25)26)29-11-13/h5-11H,3-4H2,1-2H3,(H,22,24)(H,25,26). The molecule has 1 aromatic carbocycles. The minimum absolute atomic E-state index is 0.300. The summed E-state index contributed by atoms with van der Waals surface area (Å²) in [6.07, 6.45) is 3.26. The lowest BCUT2D eigenvalue weighted by Gasteiger charge is -2.08. The molecule has 0 saturated heterocycles. The second kappa shape index (κ2) is 7.92. The van der Waals surface area contributed by atoms with Crippen LogP contribution in [0.2, 0.25) is 0 Å². The van der Waals surface area contributed by atoms with Gasteiger partial charge in [0.05, 0.1) is 31.8 Å². The van der Waals surface area contributed by atoms with Crippen LogP contribution in [0.4, 0.5) is 0 Å². The maximum absolute atomic E-state index is 11.1. The quantitative estimate of drug-likeness (QED) is 0.475. The minimum atomic E-state index is -0.926. The number of carboxylic acids is 1. The van der Waals surface area contributed by atoms with Crippen LogP contribution < -0.4 is 9.47 Å². The van der Waals surface area contributed by atoms with Gasteiger partial charge in [-0.1, -0.05) is 0 Å². The largest absolute Gasteiger partial charge is 0.497 e. The summed E-state index contributed by atoms with van der Waals surface area (Å²) in [5.74, 6) is 0.588. The number of aromatic amines is 1. The van der Waals surface area contributed by atoms with Crippen molar-refractivity contribution in [1.82, 2.24) is 15.0 Å². The molecule has 8 heteroatoms. The summed E-state index contributed by atoms with van der Waals surface area (Å²) >= 11 is 1.20. The normalized spacial score (nSPS) is 11.0. The third-order valence-electron chi connectivity index (χ3n) is 4.59. The Bertz CT molecular complexity index is 1160. The Morgan fingerprint density at radius 2 is 1.86 bits per heavy atom. The molecule has 148 valence electrons. The molecule has 7 nitrogen and oxygen atoms in total. The van der Waals surface area contributed by atoms with Crippen LogP contribution in [0.15, 0.2) is 41.9 Å². The average molecular weight is 409 g/mol. The molecule has 0 aliphatic heterocycles. The van der Waals surface area contributed by atoms with Crippen molar-refractivity contribution >= 4 is 28.5 Å². The smallest absolute Gasteiger partial charge is 0.345 e. The van der Waals surface area contributed by atoms with E-state index in [-0.39, 0.29) is 0 Å². The molecule has 0 amide bonds. The van der Waals surface area contributed by atoms with E-state index in [1.807, 2.05) is 29.6 Å². The van der Waals surface area contributed by atoms with Gasteiger partial charge in [-0.25, -0.2) is 14.8 Å². The number of aromatic carboxylic acids is 1. The van der Waals surface area contributed by atoms with Crippen LogP contribution in [0.1, 0.15) is 20.9 Å². The highest BCUT2D eigenvalue weighted by Gasteiger charge is 2.12. The number of aromatic nitrogens is 3. The first kappa shape index (κ1) is 18.9. The highest BCUT2D eigenvalue weighted by atomic mass is 32.1. The van der Waals surface area contributed by atoms with Gasteiger partial charge in [-0.15, -0.1) is 11.3 Å². The molecule has 29 heavy (non-hydrogen) atoms. The average Bonchev–Trinajstić information content (AvgIpc) is 3.38. The number of ether oxygens (including phenoxy) is 2. The summed E-state index contributed by atoms with van der Waals surface area (Å²) in [5.41, 5.74) is 5.02. The number of nitrogens with one attached hydrogen (secondary N) is 1. The van der Waals surface area contributed by atoms with Gasteiger partial charge in [-0.2, -0.15) is 0 Å². The molecule has 0 aliphatic carbocycles. The highest BCUT2D eigenvalue weighted by molar-refractivity contribution is 7.12. The van der Waals surface area contributed by atoms with E-state index in [2.05, 4.69) is 9.97 Å². The van der Waals surface area contributed by atoms with E-state index in [1.165, 1.54) is 11.3 Å². The number of methoxy groups -OCH3 is 2. The van der Waals surface area contributed by atoms with Gasteiger partial charge in [0, 0.05) is 17.0 Å². The second-order valence-corrected chi connectivity index (χ2v) is 7.42. The molecule has 0 aliphatic rings. The summed E-state index contributed by atoms with van der Waals surface area (Å²) < 4.78 is 10.6. The Labute approximate surface area is 171 Å². The lowest BCUT2D eigenvalue weighted by Crippen LogP contribution is -1.97. The molecule has 0 fully saturated rings. The number of carbonyl (C=O) groups is 1. The van der Waals surface area contributed by atoms with Crippen LogP contribution in [-0.2, 0) is 12.8 Å². The Hall–Kier alpha value is -3.39. The van der Waals surface area contributed by atoms with Gasteiger partial charge in [0.15, 0.2) is 5.65 Å². The molecule has 0 unspecified atom stereocenters. The lowest BCUT2D eigenvalue weighted by atomic mass is 10.1. The molecule has 0 atom stereocenters. The summed E-state index contributed by atoms with van der Waals surface area (Å²) in [6, 6.07) is 9.36. The van der Waals surface area contributed by atoms with E-state index < -0.39 is 5.97 Å². The van der Waals surface area contributed by atoms with Crippen LogP contribution in [-0.4, -0.2) is 40.2 Å². The highest BCUT2D eigenvalue weighted by Crippen LogP contribution is 2.27. The summed E-state index contributed by atoms with van der Waals surface area (Å²) in [5, 5.41) is 10.9. The molecule has 0 radical (unpaired) electrons. The third kappa shape index (κ3) is 4.07. The molecule has 2 N–H and O–H groups in total. The van der Waals surface area contributed by atoms with Gasteiger partial charge in [-0.3, -0.25) is 0 Å². The number of carboxylic acid groups (broad SMARTS) is 1. The van der Waals surface area contributed by atoms with Crippen molar-refractivity contribution in [3.8, 4) is 22.8 Å². The maximum atomic E-state index is 11.1. The van der Waals surface area contributed by atoms with Crippen molar-refractivity contribution in [3.05, 3.63) is 58.0 Å². The van der Waals surface area contributed by atoms with Crippen molar-refractivity contribution in [2.75, 3.05) is 14.2 Å². The van der Waals surface area contributed by atoms with Crippen molar-refractivity contribution in [2.45, 2.75) is 12.8 Å². The van der Waals surface area contributed by atoms with E-state index >= 15 is 0 Å². The van der Waals surface area contributed by atoms with Gasteiger partial charge in [-0.05, 0) is 42.7 Å². The number of hydrogen-bond acceptors (Lipinski definition) is 6. The fourth-order valence-corrected chi connectivity index (χ4v) is 3.83. The van der Waals surface area contributed by atoms with Crippen molar-refractivity contribution < 1.29 is 19.4 Å². The minimum Gasteiger partial charge on any atom is -0.497 e. The molecule has 3 aromatic heterocycles. The summed E-state index contributed by atoms with van der Waals surface area (Å²) in [7, 11) is 3.27. The number of thiophene rings is 1. The monoisotopic (exact) mass is 409 g/mol. The fourth-order valence-electron chi connectivity index (χ4n) is 3.09. The van der Waals surface area contributed by atoms with Crippen LogP contribution in [0.5, 0.6) is 11.5 Å². The molecular formula is C21H19N3O4S. The predicted octanol–water partition coefficient (Wildman–Crippen LogP) is 4.19. The Balaban J connectivity index is 1.54. The maximum Gasteiger partial charge on any atom is 0.345 e. The van der Waals surface area contributed by atoms with Crippen LogP contribution in [0, 0.1) is 0 Å². The number of fused-ring (bicyclic) bond motifs is 1. The number of benzene rings is 1. The van der Waals surface area contributed by atoms with Crippen LogP contribution in [0.3, 0.4) is 0 Å². The van der Waals surface area contributed by atoms with Crippen molar-refractivity contribution in [3.63, 3.8) is 0 Å². The lowest BCUT2D eigenvalue weighted by molar-refractivity contribution is 0.0702. The number of rotatable bonds is 7. The SMILES string of the molecule is COc1cc(CCc2cnc3[nH]c(-c4csc(C(=O)O)c4)cc3n2)cc(OC)c1. The molecule has 0 saturated carbocycles. The first-order chi connectivity index (χ1) is 14.1. The Morgan fingerprint density at radius 3 is 2.52 bits per heavy atom. The number of H-pyrrole nitrogens is 1. The fraction of sp³-hybridized carbons (Fsp3) is 0.190. The number of nitrogens with zero attached hydrogens (tertiary/aromatic N) is 2. The van der Waals surface area contributed by atoms with E-state index in [0.717, 1.165) is 52.4 Å². The van der Waals surface area contributed by atoms with Gasteiger partial charge >= 0.3 is 5.97 Å². The zero-order valence-corrected chi connectivity index (χ0v) is 16.7. The molecule has 0 bridgehead atoms. The zero-order valence-electron chi connectivity index (χ0n) is 15.9. The van der Waals surface area contributed by atoms with Crippen LogP contribution in [0.25, 0.3) is 22.4 Å². The molecular weight excluding hydrogens is 390 g/mol. The topological polar surface area (TPSA) is 97.3 Å². The van der Waals surface area contributed by atoms with Gasteiger partial charge < -0.3 is 19.6 Å². The van der Waals surface area contributed by atoms with E-state index in [4.69, 9.17) is 19.6 Å². The molecule has 3 heterocycles. The van der Waals surface area contributed by atoms with Gasteiger partial charge in [0.25, 0.3) is 0 Å². The van der Waals surface area contributed by atoms with Gasteiger partial charge in [0.1, 0.15) is 21.9 Å². The third-order valence-corrected chi connectivity index (χ3v) is 5.50. The zero-order chi connectivity index (χ0) is 20.4. The Morgan fingerprint density at radius 1 is 1.10 bits per heavy atom. The van der Waals surface area contributed by atoms with E-state index in [1.54, 1.807) is 26.5 Å². The molecule has 4 aromatic rings. The molecule has 4 rings (SSSR count). The summed E-state index contributed by atoms with van der Waals surface area (Å²) in [4.78, 5) is 23.8. The van der Waals surface area contributed by atoms with Gasteiger partial charge in [0.2, 0.25) is 0 Å². The van der Waals surface area contributed by atoms with E-state index in [0.29, 0.717) is 10.5 Å². The number of hydrogen-bond donors (Lipinski definition) is 2. The van der Waals surface area contributed by atoms with Crippen molar-refractivity contribution in [1.29, 1.82) is 0 Å². The van der Waals surface area contributed by atoms with Crippen LogP contribution >= 0.6 is 11.3 Å². The van der Waals surface area contributed by atoms with E-state index in [9.17, 15) is 4.79 Å². The first-order valence-electron chi connectivity index (χ1n) is 8.94. The molecule has 0 spiro atoms. The predicted molar refractivity (Wildman–Crippen MR) is 111 cm³/mol. The number of aryl methyl sites for hydroxylation is 2. The Kier molecular flexibility index (Phi) is 5.18. The van der Waals surface area contributed by atoms with Crippen molar-refractivity contribution in [2.24, 2.45) is 0 Å². The summed E-state index contributed by atoms with van der Waals surface area (Å²) in [6.45, 7) is 0. The second-order valence-electron chi connectivity index (χ2n) is 6.50. The first-order valence-corrected chi connectivity index (χ1v) is 9.82.